The molecule has 0 spiro atoms. The van der Waals surface area contributed by atoms with E-state index in [2.05, 4.69) is 9.68 Å². The fourth-order valence-corrected chi connectivity index (χ4v) is 0.976. The summed E-state index contributed by atoms with van der Waals surface area (Å²) in [7, 11) is 0. The lowest BCUT2D eigenvalue weighted by Crippen LogP contribution is -2.45. The zero-order valence-corrected chi connectivity index (χ0v) is 6.80. The Bertz CT molecular complexity index is 285. The standard InChI is InChI=1S/C7H10N2O4/c8-7(1-2-10,6(11)12)5-3-9-13-4-5/h3-4,10H,1-2,8H2,(H,11,12). The third-order valence-corrected chi connectivity index (χ3v) is 1.84. The van der Waals surface area contributed by atoms with Crippen LogP contribution < -0.4 is 5.73 Å². The van der Waals surface area contributed by atoms with E-state index in [1.807, 2.05) is 0 Å². The number of aliphatic hydroxyl groups excluding tert-OH is 1. The Morgan fingerprint density at radius 2 is 2.46 bits per heavy atom. The van der Waals surface area contributed by atoms with E-state index in [1.165, 1.54) is 6.20 Å². The van der Waals surface area contributed by atoms with E-state index in [4.69, 9.17) is 15.9 Å². The molecule has 1 unspecified atom stereocenters. The molecule has 1 atom stereocenters. The van der Waals surface area contributed by atoms with E-state index in [9.17, 15) is 4.79 Å². The second-order valence-electron chi connectivity index (χ2n) is 2.66. The summed E-state index contributed by atoms with van der Waals surface area (Å²) >= 11 is 0. The predicted molar refractivity (Wildman–Crippen MR) is 41.7 cm³/mol. The molecule has 0 radical (unpaired) electrons. The second-order valence-corrected chi connectivity index (χ2v) is 2.66. The van der Waals surface area contributed by atoms with Crippen LogP contribution in [-0.2, 0) is 10.3 Å². The third kappa shape index (κ3) is 1.68. The minimum absolute atomic E-state index is 0.0798. The van der Waals surface area contributed by atoms with Gasteiger partial charge in [0.15, 0.2) is 0 Å². The number of aromatic nitrogens is 1. The van der Waals surface area contributed by atoms with Crippen LogP contribution in [0.4, 0.5) is 0 Å². The van der Waals surface area contributed by atoms with E-state index in [0.29, 0.717) is 0 Å². The molecule has 72 valence electrons. The van der Waals surface area contributed by atoms with E-state index >= 15 is 0 Å². The van der Waals surface area contributed by atoms with Crippen molar-refractivity contribution in [3.63, 3.8) is 0 Å². The Hall–Kier alpha value is -1.40. The number of hydrogen-bond acceptors (Lipinski definition) is 5. The van der Waals surface area contributed by atoms with Gasteiger partial charge in [0.25, 0.3) is 0 Å². The van der Waals surface area contributed by atoms with Gasteiger partial charge in [-0.25, -0.2) is 4.79 Å². The van der Waals surface area contributed by atoms with Gasteiger partial charge in [-0.15, -0.1) is 0 Å². The van der Waals surface area contributed by atoms with Gasteiger partial charge in [0.05, 0.1) is 6.20 Å². The van der Waals surface area contributed by atoms with Crippen LogP contribution in [0, 0.1) is 0 Å². The first kappa shape index (κ1) is 9.69. The van der Waals surface area contributed by atoms with Crippen molar-refractivity contribution in [2.75, 3.05) is 6.61 Å². The number of hydrogen-bond donors (Lipinski definition) is 3. The normalized spacial score (nSPS) is 15.2. The van der Waals surface area contributed by atoms with Crippen LogP contribution in [0.3, 0.4) is 0 Å². The molecule has 1 aromatic rings. The molecule has 0 saturated heterocycles. The van der Waals surface area contributed by atoms with Crippen LogP contribution in [0.5, 0.6) is 0 Å². The first-order chi connectivity index (χ1) is 6.11. The number of nitrogens with zero attached hydrogens (tertiary/aromatic N) is 1. The number of carbonyl (C=O) groups is 1. The highest BCUT2D eigenvalue weighted by molar-refractivity contribution is 5.80. The molecule has 0 aliphatic rings. The van der Waals surface area contributed by atoms with Crippen LogP contribution in [0.25, 0.3) is 0 Å². The summed E-state index contributed by atoms with van der Waals surface area (Å²) in [6.45, 7) is -0.312. The second kappa shape index (κ2) is 3.55. The largest absolute Gasteiger partial charge is 0.480 e. The van der Waals surface area contributed by atoms with Crippen molar-refractivity contribution in [3.05, 3.63) is 18.0 Å². The summed E-state index contributed by atoms with van der Waals surface area (Å²) in [5.74, 6) is -1.22. The molecule has 13 heavy (non-hydrogen) atoms. The molecule has 0 aliphatic carbocycles. The smallest absolute Gasteiger partial charge is 0.328 e. The maximum Gasteiger partial charge on any atom is 0.328 e. The van der Waals surface area contributed by atoms with E-state index in [-0.39, 0.29) is 18.6 Å². The van der Waals surface area contributed by atoms with Crippen molar-refractivity contribution in [1.29, 1.82) is 0 Å². The molecule has 1 rings (SSSR count). The SMILES string of the molecule is NC(CCO)(C(=O)O)c1cnoc1. The Morgan fingerprint density at radius 1 is 1.77 bits per heavy atom. The Kier molecular flexibility index (Phi) is 2.64. The predicted octanol–water partition coefficient (Wildman–Crippen LogP) is -0.704. The average Bonchev–Trinajstić information content (AvgIpc) is 2.56. The van der Waals surface area contributed by atoms with Crippen LogP contribution in [0.1, 0.15) is 12.0 Å². The third-order valence-electron chi connectivity index (χ3n) is 1.84. The van der Waals surface area contributed by atoms with Crippen LogP contribution in [-0.4, -0.2) is 27.9 Å². The van der Waals surface area contributed by atoms with Gasteiger partial charge in [-0.1, -0.05) is 5.16 Å². The van der Waals surface area contributed by atoms with Gasteiger partial charge in [-0.3, -0.25) is 0 Å². The quantitative estimate of drug-likeness (QED) is 0.573. The van der Waals surface area contributed by atoms with Crippen molar-refractivity contribution in [2.45, 2.75) is 12.0 Å². The van der Waals surface area contributed by atoms with Gasteiger partial charge in [0.2, 0.25) is 0 Å². The molecule has 6 nitrogen and oxygen atoms in total. The van der Waals surface area contributed by atoms with Crippen LogP contribution in [0.15, 0.2) is 17.0 Å². The van der Waals surface area contributed by atoms with E-state index < -0.39 is 11.5 Å². The molecule has 1 heterocycles. The lowest BCUT2D eigenvalue weighted by atomic mass is 9.91. The first-order valence-corrected chi connectivity index (χ1v) is 3.64. The molecule has 4 N–H and O–H groups in total. The molecular weight excluding hydrogens is 176 g/mol. The molecule has 0 bridgehead atoms. The minimum atomic E-state index is -1.62. The highest BCUT2D eigenvalue weighted by Gasteiger charge is 2.36. The fourth-order valence-electron chi connectivity index (χ4n) is 0.976. The van der Waals surface area contributed by atoms with Crippen LogP contribution >= 0.6 is 0 Å². The summed E-state index contributed by atoms with van der Waals surface area (Å²) in [6, 6.07) is 0. The molecule has 0 aromatic carbocycles. The lowest BCUT2D eigenvalue weighted by molar-refractivity contribution is -0.144. The molecule has 6 heteroatoms. The summed E-state index contributed by atoms with van der Waals surface area (Å²) < 4.78 is 4.48. The summed E-state index contributed by atoms with van der Waals surface area (Å²) in [5, 5.41) is 20.8. The Morgan fingerprint density at radius 3 is 2.85 bits per heavy atom. The first-order valence-electron chi connectivity index (χ1n) is 3.64. The average molecular weight is 186 g/mol. The van der Waals surface area contributed by atoms with Gasteiger partial charge < -0.3 is 20.5 Å². The van der Waals surface area contributed by atoms with Gasteiger partial charge in [-0.2, -0.15) is 0 Å². The number of aliphatic hydroxyl groups is 1. The monoisotopic (exact) mass is 186 g/mol. The van der Waals surface area contributed by atoms with Crippen molar-refractivity contribution in [2.24, 2.45) is 5.73 Å². The topological polar surface area (TPSA) is 110 Å². The maximum atomic E-state index is 10.8. The zero-order chi connectivity index (χ0) is 9.90. The highest BCUT2D eigenvalue weighted by atomic mass is 16.5. The van der Waals surface area contributed by atoms with Gasteiger partial charge in [-0.05, 0) is 0 Å². The fraction of sp³-hybridized carbons (Fsp3) is 0.429. The number of rotatable bonds is 4. The van der Waals surface area contributed by atoms with Crippen molar-refractivity contribution >= 4 is 5.97 Å². The molecule has 0 aliphatic heterocycles. The highest BCUT2D eigenvalue weighted by Crippen LogP contribution is 2.21. The summed E-state index contributed by atoms with van der Waals surface area (Å²) in [4.78, 5) is 10.8. The minimum Gasteiger partial charge on any atom is -0.480 e. The van der Waals surface area contributed by atoms with Crippen molar-refractivity contribution in [3.8, 4) is 0 Å². The zero-order valence-electron chi connectivity index (χ0n) is 6.80. The summed E-state index contributed by atoms with van der Waals surface area (Å²) in [6.07, 6.45) is 2.30. The molecule has 0 amide bonds. The van der Waals surface area contributed by atoms with Crippen molar-refractivity contribution in [1.82, 2.24) is 5.16 Å². The molecular formula is C7H10N2O4. The van der Waals surface area contributed by atoms with Crippen LogP contribution in [0.2, 0.25) is 0 Å². The maximum absolute atomic E-state index is 10.8. The van der Waals surface area contributed by atoms with E-state index in [0.717, 1.165) is 6.26 Å². The lowest BCUT2D eigenvalue weighted by Gasteiger charge is -2.21. The van der Waals surface area contributed by atoms with Gasteiger partial charge in [0.1, 0.15) is 11.8 Å². The molecule has 1 aromatic heterocycles. The number of aliphatic carboxylic acids is 1. The summed E-state index contributed by atoms with van der Waals surface area (Å²) in [5.41, 5.74) is 4.19. The van der Waals surface area contributed by atoms with Gasteiger partial charge >= 0.3 is 5.97 Å². The molecule has 0 fully saturated rings. The Labute approximate surface area is 73.9 Å². The number of carboxylic acid groups (broad SMARTS) is 1. The number of nitrogens with two attached hydrogens (primary N) is 1. The van der Waals surface area contributed by atoms with Crippen molar-refractivity contribution < 1.29 is 19.5 Å². The van der Waals surface area contributed by atoms with Gasteiger partial charge in [0, 0.05) is 18.6 Å². The molecule has 0 saturated carbocycles. The number of carboxylic acids is 1. The van der Waals surface area contributed by atoms with E-state index in [1.54, 1.807) is 0 Å². The Balaban J connectivity index is 2.98.